The molecule has 10 heteroatoms. The first-order valence-corrected chi connectivity index (χ1v) is 9.35. The SMILES string of the molecule is CC1CN(c2cc(F)ccc2NC(=O)c2c[nH]c(=O)cc2C(F)(F)F)CC(C)N1C. The van der Waals surface area contributed by atoms with Crippen LogP contribution in [0, 0.1) is 5.82 Å². The van der Waals surface area contributed by atoms with E-state index in [2.05, 4.69) is 15.2 Å². The Balaban J connectivity index is 1.95. The van der Waals surface area contributed by atoms with E-state index in [4.69, 9.17) is 0 Å². The number of likely N-dealkylation sites (N-methyl/N-ethyl adjacent to an activating group) is 1. The zero-order chi connectivity index (χ0) is 22.2. The highest BCUT2D eigenvalue weighted by Crippen LogP contribution is 2.33. The van der Waals surface area contributed by atoms with Gasteiger partial charge in [0, 0.05) is 37.4 Å². The van der Waals surface area contributed by atoms with E-state index < -0.39 is 34.6 Å². The van der Waals surface area contributed by atoms with Crippen LogP contribution < -0.4 is 15.8 Å². The highest BCUT2D eigenvalue weighted by atomic mass is 19.4. The van der Waals surface area contributed by atoms with Gasteiger partial charge in [-0.1, -0.05) is 0 Å². The van der Waals surface area contributed by atoms with Crippen molar-refractivity contribution in [1.82, 2.24) is 9.88 Å². The van der Waals surface area contributed by atoms with Gasteiger partial charge in [0.25, 0.3) is 5.91 Å². The van der Waals surface area contributed by atoms with Crippen molar-refractivity contribution in [1.29, 1.82) is 0 Å². The van der Waals surface area contributed by atoms with Gasteiger partial charge in [-0.3, -0.25) is 14.5 Å². The second-order valence-electron chi connectivity index (χ2n) is 7.51. The average Bonchev–Trinajstić information content (AvgIpc) is 2.66. The summed E-state index contributed by atoms with van der Waals surface area (Å²) in [6, 6.07) is 4.32. The number of amides is 1. The maximum atomic E-state index is 14.0. The van der Waals surface area contributed by atoms with Crippen molar-refractivity contribution in [3.05, 3.63) is 57.8 Å². The standard InChI is InChI=1S/C20H22F4N4O2/c1-11-9-28(10-12(2)27(11)3)17-6-13(21)4-5-16(17)26-19(30)14-8-25-18(29)7-15(14)20(22,23)24/h4-8,11-12H,9-10H2,1-3H3,(H,25,29)(H,26,30). The molecule has 2 atom stereocenters. The van der Waals surface area contributed by atoms with Crippen LogP contribution >= 0.6 is 0 Å². The molecule has 2 aromatic rings. The lowest BCUT2D eigenvalue weighted by atomic mass is 10.1. The van der Waals surface area contributed by atoms with Crippen molar-refractivity contribution in [2.75, 3.05) is 30.4 Å². The largest absolute Gasteiger partial charge is 0.417 e. The Morgan fingerprint density at radius 2 is 1.80 bits per heavy atom. The quantitative estimate of drug-likeness (QED) is 0.739. The molecule has 0 saturated carbocycles. The van der Waals surface area contributed by atoms with Gasteiger partial charge in [0.15, 0.2) is 0 Å². The van der Waals surface area contributed by atoms with Crippen LogP contribution in [0.15, 0.2) is 35.3 Å². The summed E-state index contributed by atoms with van der Waals surface area (Å²) in [5.41, 5.74) is -2.47. The molecule has 2 heterocycles. The summed E-state index contributed by atoms with van der Waals surface area (Å²) in [5.74, 6) is -1.58. The van der Waals surface area contributed by atoms with Crippen LogP contribution in [-0.4, -0.2) is 48.0 Å². The number of carbonyl (C=O) groups is 1. The van der Waals surface area contributed by atoms with E-state index in [0.29, 0.717) is 24.8 Å². The van der Waals surface area contributed by atoms with Crippen molar-refractivity contribution in [2.45, 2.75) is 32.1 Å². The Morgan fingerprint density at radius 3 is 2.40 bits per heavy atom. The molecule has 1 aromatic heterocycles. The number of pyridine rings is 1. The maximum Gasteiger partial charge on any atom is 0.417 e. The third kappa shape index (κ3) is 4.48. The number of H-pyrrole nitrogens is 1. The molecule has 3 rings (SSSR count). The predicted molar refractivity (Wildman–Crippen MR) is 105 cm³/mol. The number of alkyl halides is 3. The molecular weight excluding hydrogens is 404 g/mol. The first-order valence-electron chi connectivity index (χ1n) is 9.35. The number of rotatable bonds is 3. The van der Waals surface area contributed by atoms with Crippen molar-refractivity contribution in [3.8, 4) is 0 Å². The molecule has 2 unspecified atom stereocenters. The van der Waals surface area contributed by atoms with E-state index >= 15 is 0 Å². The van der Waals surface area contributed by atoms with E-state index in [1.807, 2.05) is 25.8 Å². The van der Waals surface area contributed by atoms with E-state index in [1.54, 1.807) is 0 Å². The van der Waals surface area contributed by atoms with Crippen LogP contribution in [0.5, 0.6) is 0 Å². The molecule has 0 radical (unpaired) electrons. The molecular formula is C20H22F4N4O2. The monoisotopic (exact) mass is 426 g/mol. The Hall–Kier alpha value is -2.88. The second-order valence-corrected chi connectivity index (χ2v) is 7.51. The normalized spacial score (nSPS) is 20.3. The molecule has 0 bridgehead atoms. The Morgan fingerprint density at radius 1 is 1.17 bits per heavy atom. The molecule has 0 aliphatic carbocycles. The van der Waals surface area contributed by atoms with E-state index in [-0.39, 0.29) is 17.8 Å². The van der Waals surface area contributed by atoms with Crippen LogP contribution in [0.1, 0.15) is 29.8 Å². The summed E-state index contributed by atoms with van der Waals surface area (Å²) in [7, 11) is 1.98. The first kappa shape index (κ1) is 21.8. The number of carbonyl (C=O) groups excluding carboxylic acids is 1. The van der Waals surface area contributed by atoms with Crippen molar-refractivity contribution in [3.63, 3.8) is 0 Å². The van der Waals surface area contributed by atoms with Gasteiger partial charge in [0.05, 0.1) is 22.5 Å². The molecule has 2 N–H and O–H groups in total. The number of hydrogen-bond acceptors (Lipinski definition) is 4. The fourth-order valence-corrected chi connectivity index (χ4v) is 3.56. The van der Waals surface area contributed by atoms with Gasteiger partial charge in [-0.25, -0.2) is 4.39 Å². The first-order chi connectivity index (χ1) is 14.0. The van der Waals surface area contributed by atoms with Gasteiger partial charge in [0.2, 0.25) is 5.56 Å². The van der Waals surface area contributed by atoms with Gasteiger partial charge < -0.3 is 15.2 Å². The molecule has 1 aliphatic heterocycles. The molecule has 0 spiro atoms. The molecule has 1 saturated heterocycles. The number of aromatic nitrogens is 1. The topological polar surface area (TPSA) is 68.4 Å². The van der Waals surface area contributed by atoms with Crippen LogP contribution in [0.2, 0.25) is 0 Å². The van der Waals surface area contributed by atoms with Crippen molar-refractivity contribution < 1.29 is 22.4 Å². The predicted octanol–water partition coefficient (Wildman–Crippen LogP) is 3.31. The Labute approximate surface area is 170 Å². The summed E-state index contributed by atoms with van der Waals surface area (Å²) < 4.78 is 53.8. The summed E-state index contributed by atoms with van der Waals surface area (Å²) >= 11 is 0. The van der Waals surface area contributed by atoms with Crippen molar-refractivity contribution in [2.24, 2.45) is 0 Å². The van der Waals surface area contributed by atoms with Crippen LogP contribution in [0.3, 0.4) is 0 Å². The average molecular weight is 426 g/mol. The molecule has 1 aliphatic rings. The van der Waals surface area contributed by atoms with Gasteiger partial charge in [0.1, 0.15) is 5.82 Å². The number of benzene rings is 1. The Kier molecular flexibility index (Phi) is 5.89. The van der Waals surface area contributed by atoms with Crippen molar-refractivity contribution >= 4 is 17.3 Å². The molecule has 6 nitrogen and oxygen atoms in total. The minimum absolute atomic E-state index is 0.150. The summed E-state index contributed by atoms with van der Waals surface area (Å²) in [4.78, 5) is 30.1. The van der Waals surface area contributed by atoms with Crippen LogP contribution in [-0.2, 0) is 6.18 Å². The zero-order valence-electron chi connectivity index (χ0n) is 16.7. The fourth-order valence-electron chi connectivity index (χ4n) is 3.56. The minimum atomic E-state index is -4.88. The third-order valence-corrected chi connectivity index (χ3v) is 5.38. The molecule has 1 fully saturated rings. The third-order valence-electron chi connectivity index (χ3n) is 5.38. The number of halogens is 4. The zero-order valence-corrected chi connectivity index (χ0v) is 16.7. The lowest BCUT2D eigenvalue weighted by molar-refractivity contribution is -0.138. The number of nitrogens with zero attached hydrogens (tertiary/aromatic N) is 2. The Bertz CT molecular complexity index is 993. The van der Waals surface area contributed by atoms with E-state index in [1.165, 1.54) is 12.1 Å². The van der Waals surface area contributed by atoms with E-state index in [9.17, 15) is 27.2 Å². The minimum Gasteiger partial charge on any atom is -0.367 e. The molecule has 162 valence electrons. The van der Waals surface area contributed by atoms with Crippen LogP contribution in [0.4, 0.5) is 28.9 Å². The highest BCUT2D eigenvalue weighted by Gasteiger charge is 2.36. The molecule has 1 amide bonds. The molecule has 30 heavy (non-hydrogen) atoms. The van der Waals surface area contributed by atoms with Crippen LogP contribution in [0.25, 0.3) is 0 Å². The maximum absolute atomic E-state index is 14.0. The molecule has 1 aromatic carbocycles. The smallest absolute Gasteiger partial charge is 0.367 e. The summed E-state index contributed by atoms with van der Waals surface area (Å²) in [5, 5.41) is 2.44. The highest BCUT2D eigenvalue weighted by molar-refractivity contribution is 6.06. The fraction of sp³-hybridized carbons (Fsp3) is 0.400. The number of piperazine rings is 1. The number of anilines is 2. The van der Waals surface area contributed by atoms with E-state index in [0.717, 1.165) is 12.3 Å². The van der Waals surface area contributed by atoms with Gasteiger partial charge in [-0.15, -0.1) is 0 Å². The lowest BCUT2D eigenvalue weighted by Crippen LogP contribution is -2.55. The number of hydrogen-bond donors (Lipinski definition) is 2. The van der Waals surface area contributed by atoms with Gasteiger partial charge in [-0.2, -0.15) is 13.2 Å². The number of nitrogens with one attached hydrogen (secondary N) is 2. The lowest BCUT2D eigenvalue weighted by Gasteiger charge is -2.44. The number of aromatic amines is 1. The van der Waals surface area contributed by atoms with Gasteiger partial charge >= 0.3 is 6.18 Å². The summed E-state index contributed by atoms with van der Waals surface area (Å²) in [6.45, 7) is 5.13. The summed E-state index contributed by atoms with van der Waals surface area (Å²) in [6.07, 6.45) is -4.15. The van der Waals surface area contributed by atoms with Gasteiger partial charge in [-0.05, 0) is 39.1 Å². The second kappa shape index (κ2) is 8.10.